The molecular formula is C22H23F6N2O3PSe. The summed E-state index contributed by atoms with van der Waals surface area (Å²) in [4.78, 5) is 12.0. The summed E-state index contributed by atoms with van der Waals surface area (Å²) in [6.07, 6.45) is -10.3. The predicted molar refractivity (Wildman–Crippen MR) is 119 cm³/mol. The molecule has 192 valence electrons. The molecule has 5 nitrogen and oxygen atoms in total. The fourth-order valence-corrected chi connectivity index (χ4v) is 8.58. The van der Waals surface area contributed by atoms with Crippen LogP contribution < -0.4 is 0 Å². The maximum atomic E-state index is 13.5. The molecule has 0 unspecified atom stereocenters. The molecule has 1 aliphatic heterocycles. The van der Waals surface area contributed by atoms with Crippen molar-refractivity contribution in [3.63, 3.8) is 0 Å². The summed E-state index contributed by atoms with van der Waals surface area (Å²) in [6, 6.07) is 4.65. The molecule has 1 aliphatic rings. The number of likely N-dealkylation sites (N-methyl/N-ethyl adjacent to an activating group) is 2. The van der Waals surface area contributed by atoms with Crippen LogP contribution in [0.5, 0.6) is 0 Å². The number of halogens is 6. The van der Waals surface area contributed by atoms with Crippen LogP contribution in [0.1, 0.15) is 41.3 Å². The van der Waals surface area contributed by atoms with Gasteiger partial charge in [0.2, 0.25) is 0 Å². The zero-order valence-electron chi connectivity index (χ0n) is 19.1. The first-order valence-electron chi connectivity index (χ1n) is 10.3. The summed E-state index contributed by atoms with van der Waals surface area (Å²) >= 11 is 2.94. The number of carbonyl (C=O) groups excluding carboxylic acids is 1. The van der Waals surface area contributed by atoms with Crippen LogP contribution in [0.3, 0.4) is 0 Å². The molecule has 0 saturated carbocycles. The predicted octanol–water partition coefficient (Wildman–Crippen LogP) is 5.81. The molecule has 3 atom stereocenters. The third-order valence-electron chi connectivity index (χ3n) is 5.84. The minimum atomic E-state index is -4.61. The number of alkyl halides is 6. The Morgan fingerprint density at radius 1 is 0.914 bits per heavy atom. The molecule has 0 bridgehead atoms. The van der Waals surface area contributed by atoms with E-state index in [4.69, 9.17) is 9.26 Å². The van der Waals surface area contributed by atoms with Crippen LogP contribution in [-0.4, -0.2) is 57.7 Å². The van der Waals surface area contributed by atoms with Crippen molar-refractivity contribution in [2.45, 2.75) is 37.5 Å². The van der Waals surface area contributed by atoms with E-state index in [2.05, 4.69) is 15.1 Å². The fraction of sp³-hybridized carbons (Fsp3) is 0.409. The second kappa shape index (κ2) is 9.99. The molecule has 0 aromatic heterocycles. The van der Waals surface area contributed by atoms with Gasteiger partial charge in [-0.2, -0.15) is 0 Å². The SMILES string of the molecule is COC(=O)[C@@H](C)OP1(=[Se])N(C)[C@@H](c2cccc(C(F)(F)F)c2)[C@H](c2cccc(C(F)(F)F)c2)N1C. The van der Waals surface area contributed by atoms with Crippen molar-refractivity contribution >= 4 is 27.1 Å². The van der Waals surface area contributed by atoms with E-state index in [1.54, 1.807) is 23.4 Å². The first-order valence-corrected chi connectivity index (χ1v) is 14.1. The number of hydrogen-bond acceptors (Lipinski definition) is 5. The fourth-order valence-electron chi connectivity index (χ4n) is 4.10. The second-order valence-corrected chi connectivity index (χ2v) is 13.5. The van der Waals surface area contributed by atoms with E-state index in [-0.39, 0.29) is 11.1 Å². The Bertz CT molecular complexity index is 1070. The number of rotatable bonds is 5. The van der Waals surface area contributed by atoms with Crippen molar-refractivity contribution in [1.29, 1.82) is 0 Å². The van der Waals surface area contributed by atoms with Gasteiger partial charge in [-0.3, -0.25) is 0 Å². The normalized spacial score (nSPS) is 22.2. The molecule has 0 amide bonds. The molecule has 2 aromatic rings. The van der Waals surface area contributed by atoms with Gasteiger partial charge in [-0.15, -0.1) is 0 Å². The number of nitrogens with zero attached hydrogens (tertiary/aromatic N) is 2. The molecule has 35 heavy (non-hydrogen) atoms. The van der Waals surface area contributed by atoms with Crippen molar-refractivity contribution in [2.24, 2.45) is 0 Å². The number of carbonyl (C=O) groups is 1. The van der Waals surface area contributed by atoms with Gasteiger partial charge in [0.15, 0.2) is 0 Å². The van der Waals surface area contributed by atoms with Gasteiger partial charge in [0.25, 0.3) is 0 Å². The van der Waals surface area contributed by atoms with Crippen LogP contribution >= 0.6 is 6.04 Å². The Morgan fingerprint density at radius 3 is 1.66 bits per heavy atom. The molecule has 0 spiro atoms. The summed E-state index contributed by atoms with van der Waals surface area (Å²) in [6.45, 7) is 1.46. The third kappa shape index (κ3) is 5.53. The summed E-state index contributed by atoms with van der Waals surface area (Å²) in [5.41, 5.74) is -1.28. The summed E-state index contributed by atoms with van der Waals surface area (Å²) in [7, 11) is 4.39. The monoisotopic (exact) mass is 588 g/mol. The minimum absolute atomic E-state index is 0.239. The molecule has 1 saturated heterocycles. The summed E-state index contributed by atoms with van der Waals surface area (Å²) in [5, 5.41) is 0. The van der Waals surface area contributed by atoms with Crippen molar-refractivity contribution in [3.05, 3.63) is 70.8 Å². The van der Waals surface area contributed by atoms with Gasteiger partial charge >= 0.3 is 206 Å². The Balaban J connectivity index is 2.18. The van der Waals surface area contributed by atoms with E-state index >= 15 is 0 Å². The maximum absolute atomic E-state index is 13.5. The van der Waals surface area contributed by atoms with Crippen molar-refractivity contribution in [1.82, 2.24) is 9.34 Å². The molecule has 3 rings (SSSR count). The second-order valence-electron chi connectivity index (χ2n) is 8.04. The van der Waals surface area contributed by atoms with Gasteiger partial charge in [-0.25, -0.2) is 0 Å². The topological polar surface area (TPSA) is 42.0 Å². The van der Waals surface area contributed by atoms with E-state index in [0.717, 1.165) is 24.3 Å². The molecule has 0 N–H and O–H groups in total. The molecule has 1 fully saturated rings. The van der Waals surface area contributed by atoms with Crippen LogP contribution in [0.25, 0.3) is 0 Å². The first-order chi connectivity index (χ1) is 16.1. The van der Waals surface area contributed by atoms with Gasteiger partial charge in [-0.05, 0) is 0 Å². The van der Waals surface area contributed by atoms with Gasteiger partial charge in [0.1, 0.15) is 0 Å². The molecule has 13 heteroatoms. The Kier molecular flexibility index (Phi) is 7.97. The first kappa shape index (κ1) is 27.9. The summed E-state index contributed by atoms with van der Waals surface area (Å²) in [5.74, 6) is -0.667. The van der Waals surface area contributed by atoms with E-state index in [1.807, 2.05) is 0 Å². The molecule has 0 aliphatic carbocycles. The number of ether oxygens (including phenoxy) is 1. The third-order valence-corrected chi connectivity index (χ3v) is 12.3. The van der Waals surface area contributed by atoms with Crippen LogP contribution in [0.15, 0.2) is 48.5 Å². The zero-order valence-corrected chi connectivity index (χ0v) is 21.7. The molecular weight excluding hydrogens is 564 g/mol. The average molecular weight is 587 g/mol. The van der Waals surface area contributed by atoms with E-state index in [0.29, 0.717) is 0 Å². The van der Waals surface area contributed by atoms with Crippen LogP contribution in [0.4, 0.5) is 26.3 Å². The Labute approximate surface area is 206 Å². The van der Waals surface area contributed by atoms with Crippen molar-refractivity contribution < 1.29 is 40.4 Å². The Morgan fingerprint density at radius 2 is 1.31 bits per heavy atom. The van der Waals surface area contributed by atoms with Crippen LogP contribution in [-0.2, 0) is 26.4 Å². The van der Waals surface area contributed by atoms with Gasteiger partial charge < -0.3 is 0 Å². The van der Waals surface area contributed by atoms with E-state index < -0.39 is 53.7 Å². The number of benzene rings is 2. The zero-order chi connectivity index (χ0) is 26.3. The average Bonchev–Trinajstić information content (AvgIpc) is 2.98. The number of methoxy groups -OCH3 is 1. The number of esters is 1. The van der Waals surface area contributed by atoms with Crippen molar-refractivity contribution in [2.75, 3.05) is 21.2 Å². The quantitative estimate of drug-likeness (QED) is 0.191. The molecule has 2 aromatic carbocycles. The van der Waals surface area contributed by atoms with E-state index in [1.165, 1.54) is 38.3 Å². The standard InChI is InChI=1S/C22H23F6N2O3PSe/c1-13(20(31)32-4)33-34(35)29(2)18(14-7-5-9-16(11-14)21(23,24)25)19(30(34)3)15-8-6-10-17(12-15)22(26,27)28/h5-13,18-19H,1-4H3/t13-,18+,19+/m1/s1. The van der Waals surface area contributed by atoms with Gasteiger partial charge in [0.05, 0.1) is 0 Å². The number of hydrogen-bond donors (Lipinski definition) is 0. The van der Waals surface area contributed by atoms with Crippen molar-refractivity contribution in [3.8, 4) is 0 Å². The summed E-state index contributed by atoms with van der Waals surface area (Å²) < 4.78 is 94.9. The van der Waals surface area contributed by atoms with E-state index in [9.17, 15) is 31.1 Å². The molecule has 0 radical (unpaired) electrons. The molecule has 1 heterocycles. The van der Waals surface area contributed by atoms with Crippen LogP contribution in [0.2, 0.25) is 0 Å². The Hall–Kier alpha value is -1.68. The van der Waals surface area contributed by atoms with Gasteiger partial charge in [0, 0.05) is 0 Å². The van der Waals surface area contributed by atoms with Crippen LogP contribution in [0, 0.1) is 0 Å². The van der Waals surface area contributed by atoms with Gasteiger partial charge in [-0.1, -0.05) is 0 Å².